The van der Waals surface area contributed by atoms with Gasteiger partial charge in [-0.1, -0.05) is 0 Å². The Labute approximate surface area is 100 Å². The van der Waals surface area contributed by atoms with Crippen LogP contribution in [-0.2, 0) is 4.79 Å². The van der Waals surface area contributed by atoms with Gasteiger partial charge in [0.2, 0.25) is 5.91 Å². The molecule has 2 rings (SSSR count). The van der Waals surface area contributed by atoms with Gasteiger partial charge in [0.25, 0.3) is 0 Å². The van der Waals surface area contributed by atoms with Crippen molar-refractivity contribution in [3.63, 3.8) is 0 Å². The molecule has 92 valence electrons. The number of nitrogens with zero attached hydrogens (tertiary/aromatic N) is 1. The van der Waals surface area contributed by atoms with Crippen LogP contribution in [0.4, 0.5) is 11.4 Å². The van der Waals surface area contributed by atoms with Crippen LogP contribution in [0.15, 0.2) is 18.2 Å². The molecule has 17 heavy (non-hydrogen) atoms. The van der Waals surface area contributed by atoms with Gasteiger partial charge in [0.1, 0.15) is 12.4 Å². The molecule has 0 radical (unpaired) electrons. The van der Waals surface area contributed by atoms with Crippen LogP contribution in [0, 0.1) is 0 Å². The molecule has 0 bridgehead atoms. The minimum atomic E-state index is 0.209. The van der Waals surface area contributed by atoms with Crippen molar-refractivity contribution in [1.29, 1.82) is 0 Å². The third-order valence-electron chi connectivity index (χ3n) is 2.75. The predicted octanol–water partition coefficient (Wildman–Crippen LogP) is 0.852. The lowest BCUT2D eigenvalue weighted by molar-refractivity contribution is -0.128. The summed E-state index contributed by atoms with van der Waals surface area (Å²) in [7, 11) is 0. The predicted molar refractivity (Wildman–Crippen MR) is 66.6 cm³/mol. The van der Waals surface area contributed by atoms with Gasteiger partial charge in [0, 0.05) is 36.5 Å². The fourth-order valence-electron chi connectivity index (χ4n) is 1.94. The minimum absolute atomic E-state index is 0.209. The zero-order valence-electron chi connectivity index (χ0n) is 9.69. The highest BCUT2D eigenvalue weighted by Crippen LogP contribution is 2.20. The lowest BCUT2D eigenvalue weighted by atomic mass is 10.3. The number of nitrogens with two attached hydrogens (primary N) is 2. The number of hydrogen-bond acceptors (Lipinski definition) is 4. The molecule has 0 saturated carbocycles. The van der Waals surface area contributed by atoms with Gasteiger partial charge in [-0.15, -0.1) is 0 Å². The number of hydrogen-bond donors (Lipinski definition) is 2. The van der Waals surface area contributed by atoms with Crippen molar-refractivity contribution in [3.05, 3.63) is 18.2 Å². The first kappa shape index (κ1) is 11.6. The summed E-state index contributed by atoms with van der Waals surface area (Å²) in [5.41, 5.74) is 12.5. The molecule has 0 spiro atoms. The van der Waals surface area contributed by atoms with Gasteiger partial charge in [-0.25, -0.2) is 0 Å². The minimum Gasteiger partial charge on any atom is -0.492 e. The topological polar surface area (TPSA) is 81.6 Å². The van der Waals surface area contributed by atoms with Gasteiger partial charge >= 0.3 is 0 Å². The second-order valence-electron chi connectivity index (χ2n) is 4.17. The van der Waals surface area contributed by atoms with E-state index < -0.39 is 0 Å². The molecule has 5 nitrogen and oxygen atoms in total. The van der Waals surface area contributed by atoms with E-state index >= 15 is 0 Å². The highest BCUT2D eigenvalue weighted by Gasteiger charge is 2.19. The van der Waals surface area contributed by atoms with Crippen molar-refractivity contribution in [1.82, 2.24) is 4.90 Å². The highest BCUT2D eigenvalue weighted by atomic mass is 16.5. The van der Waals surface area contributed by atoms with Crippen molar-refractivity contribution in [3.8, 4) is 5.75 Å². The smallest absolute Gasteiger partial charge is 0.222 e. The molecule has 1 saturated heterocycles. The molecule has 0 unspecified atom stereocenters. The molecule has 4 N–H and O–H groups in total. The molecule has 1 aromatic carbocycles. The van der Waals surface area contributed by atoms with Crippen LogP contribution in [0.3, 0.4) is 0 Å². The fourth-order valence-corrected chi connectivity index (χ4v) is 1.94. The average molecular weight is 235 g/mol. The number of carbonyl (C=O) groups excluding carboxylic acids is 1. The molecule has 5 heteroatoms. The maximum absolute atomic E-state index is 11.4. The zero-order valence-corrected chi connectivity index (χ0v) is 9.69. The summed E-state index contributed by atoms with van der Waals surface area (Å²) in [4.78, 5) is 13.2. The molecule has 0 aliphatic carbocycles. The summed E-state index contributed by atoms with van der Waals surface area (Å²) in [5.74, 6) is 0.856. The number of likely N-dealkylation sites (tertiary alicyclic amines) is 1. The van der Waals surface area contributed by atoms with Gasteiger partial charge in [-0.3, -0.25) is 4.79 Å². The average Bonchev–Trinajstić information content (AvgIpc) is 2.63. The van der Waals surface area contributed by atoms with Crippen molar-refractivity contribution >= 4 is 17.3 Å². The molecule has 1 aliphatic heterocycles. The number of ether oxygens (including phenoxy) is 1. The molecule has 1 heterocycles. The Kier molecular flexibility index (Phi) is 3.37. The Balaban J connectivity index is 1.83. The van der Waals surface area contributed by atoms with Crippen LogP contribution in [0.2, 0.25) is 0 Å². The molecule has 1 aromatic rings. The number of amides is 1. The Hall–Kier alpha value is -1.91. The molecular formula is C12H17N3O2. The molecular weight excluding hydrogens is 218 g/mol. The summed E-state index contributed by atoms with van der Waals surface area (Å²) in [6.07, 6.45) is 1.61. The van der Waals surface area contributed by atoms with Crippen LogP contribution in [-0.4, -0.2) is 30.5 Å². The number of rotatable bonds is 4. The first-order valence-electron chi connectivity index (χ1n) is 5.72. The van der Waals surface area contributed by atoms with Crippen LogP contribution in [0.25, 0.3) is 0 Å². The second kappa shape index (κ2) is 4.95. The van der Waals surface area contributed by atoms with E-state index in [9.17, 15) is 4.79 Å². The van der Waals surface area contributed by atoms with Gasteiger partial charge in [-0.05, 0) is 12.5 Å². The van der Waals surface area contributed by atoms with Crippen molar-refractivity contribution in [2.45, 2.75) is 12.8 Å². The maximum Gasteiger partial charge on any atom is 0.222 e. The quantitative estimate of drug-likeness (QED) is 0.758. The monoisotopic (exact) mass is 235 g/mol. The van der Waals surface area contributed by atoms with Crippen molar-refractivity contribution in [2.75, 3.05) is 31.2 Å². The van der Waals surface area contributed by atoms with E-state index in [1.165, 1.54) is 0 Å². The van der Waals surface area contributed by atoms with E-state index in [0.29, 0.717) is 36.7 Å². The summed E-state index contributed by atoms with van der Waals surface area (Å²) < 4.78 is 5.52. The van der Waals surface area contributed by atoms with Crippen LogP contribution in [0.1, 0.15) is 12.8 Å². The van der Waals surface area contributed by atoms with Crippen molar-refractivity contribution < 1.29 is 9.53 Å². The van der Waals surface area contributed by atoms with Gasteiger partial charge in [0.05, 0.1) is 6.54 Å². The largest absolute Gasteiger partial charge is 0.492 e. The Bertz CT molecular complexity index is 400. The number of nitrogen functional groups attached to an aromatic ring is 2. The molecule has 0 aromatic heterocycles. The number of benzene rings is 1. The third kappa shape index (κ3) is 3.03. The van der Waals surface area contributed by atoms with Gasteiger partial charge in [0.15, 0.2) is 0 Å². The molecule has 0 atom stereocenters. The van der Waals surface area contributed by atoms with Crippen LogP contribution < -0.4 is 16.2 Å². The highest BCUT2D eigenvalue weighted by molar-refractivity contribution is 5.78. The van der Waals surface area contributed by atoms with E-state index in [1.807, 2.05) is 4.90 Å². The van der Waals surface area contributed by atoms with Crippen LogP contribution >= 0.6 is 0 Å². The van der Waals surface area contributed by atoms with Crippen molar-refractivity contribution in [2.24, 2.45) is 0 Å². The Morgan fingerprint density at radius 1 is 1.24 bits per heavy atom. The van der Waals surface area contributed by atoms with E-state index in [2.05, 4.69) is 0 Å². The Morgan fingerprint density at radius 2 is 1.94 bits per heavy atom. The standard InChI is InChI=1S/C12H17N3O2/c13-9-6-10(14)8-11(7-9)17-5-4-15-3-1-2-12(15)16/h6-8H,1-5,13-14H2. The second-order valence-corrected chi connectivity index (χ2v) is 4.17. The molecule has 1 amide bonds. The summed E-state index contributed by atoms with van der Waals surface area (Å²) in [5, 5.41) is 0. The summed E-state index contributed by atoms with van der Waals surface area (Å²) >= 11 is 0. The third-order valence-corrected chi connectivity index (χ3v) is 2.75. The van der Waals surface area contributed by atoms with Gasteiger partial charge < -0.3 is 21.1 Å². The number of carbonyl (C=O) groups is 1. The van der Waals surface area contributed by atoms with E-state index in [1.54, 1.807) is 18.2 Å². The first-order chi connectivity index (χ1) is 8.15. The molecule has 1 fully saturated rings. The molecule has 1 aliphatic rings. The normalized spacial score (nSPS) is 15.3. The lowest BCUT2D eigenvalue weighted by Gasteiger charge is -2.16. The summed E-state index contributed by atoms with van der Waals surface area (Å²) in [6, 6.07) is 5.13. The maximum atomic E-state index is 11.4. The van der Waals surface area contributed by atoms with E-state index in [4.69, 9.17) is 16.2 Å². The Morgan fingerprint density at radius 3 is 2.53 bits per heavy atom. The SMILES string of the molecule is Nc1cc(N)cc(OCCN2CCCC2=O)c1. The summed E-state index contributed by atoms with van der Waals surface area (Å²) in [6.45, 7) is 1.92. The van der Waals surface area contributed by atoms with Gasteiger partial charge in [-0.2, -0.15) is 0 Å². The number of anilines is 2. The van der Waals surface area contributed by atoms with Crippen LogP contribution in [0.5, 0.6) is 5.75 Å². The van der Waals surface area contributed by atoms with E-state index in [0.717, 1.165) is 13.0 Å². The first-order valence-corrected chi connectivity index (χ1v) is 5.72. The van der Waals surface area contributed by atoms with E-state index in [-0.39, 0.29) is 5.91 Å². The lowest BCUT2D eigenvalue weighted by Crippen LogP contribution is -2.29. The fraction of sp³-hybridized carbons (Fsp3) is 0.417. The zero-order chi connectivity index (χ0) is 12.3.